The van der Waals surface area contributed by atoms with E-state index in [1.54, 1.807) is 11.0 Å². The Morgan fingerprint density at radius 1 is 1.50 bits per heavy atom. The molecule has 0 spiro atoms. The highest BCUT2D eigenvalue weighted by Crippen LogP contribution is 2.00. The van der Waals surface area contributed by atoms with Crippen LogP contribution < -0.4 is 5.73 Å². The average Bonchev–Trinajstić information content (AvgIpc) is 2.52. The second-order valence-electron chi connectivity index (χ2n) is 3.57. The summed E-state index contributed by atoms with van der Waals surface area (Å²) in [7, 11) is 0. The lowest BCUT2D eigenvalue weighted by molar-refractivity contribution is 0.0708. The maximum atomic E-state index is 5.63. The van der Waals surface area contributed by atoms with E-state index >= 15 is 0 Å². The third-order valence-electron chi connectivity index (χ3n) is 1.73. The first kappa shape index (κ1) is 11.1. The first-order chi connectivity index (χ1) is 6.59. The molecule has 0 saturated carbocycles. The summed E-state index contributed by atoms with van der Waals surface area (Å²) in [4.78, 5) is 4.08. The van der Waals surface area contributed by atoms with Gasteiger partial charge in [-0.15, -0.1) is 0 Å². The number of rotatable bonds is 5. The zero-order valence-corrected chi connectivity index (χ0v) is 8.97. The van der Waals surface area contributed by atoms with E-state index in [1.165, 1.54) is 0 Å². The Balaban J connectivity index is 2.36. The van der Waals surface area contributed by atoms with Crippen molar-refractivity contribution in [1.82, 2.24) is 14.8 Å². The Hall–Kier alpha value is -0.940. The smallest absolute Gasteiger partial charge is 0.166 e. The Morgan fingerprint density at radius 2 is 2.21 bits per heavy atom. The summed E-state index contributed by atoms with van der Waals surface area (Å²) in [6.07, 6.45) is 1.94. The molecule has 0 bridgehead atoms. The SMILES string of the molecule is CC(C)OCCn1cnc(C(C)N)n1. The van der Waals surface area contributed by atoms with E-state index in [0.29, 0.717) is 12.4 Å². The van der Waals surface area contributed by atoms with Crippen LogP contribution in [-0.2, 0) is 11.3 Å². The second-order valence-corrected chi connectivity index (χ2v) is 3.57. The van der Waals surface area contributed by atoms with Gasteiger partial charge in [0.2, 0.25) is 0 Å². The van der Waals surface area contributed by atoms with Crippen molar-refractivity contribution >= 4 is 0 Å². The molecule has 0 aliphatic rings. The highest BCUT2D eigenvalue weighted by Gasteiger charge is 2.04. The maximum Gasteiger partial charge on any atom is 0.166 e. The van der Waals surface area contributed by atoms with E-state index < -0.39 is 0 Å². The summed E-state index contributed by atoms with van der Waals surface area (Å²) in [5.41, 5.74) is 5.63. The van der Waals surface area contributed by atoms with Gasteiger partial charge in [-0.25, -0.2) is 4.98 Å². The Labute approximate surface area is 84.3 Å². The lowest BCUT2D eigenvalue weighted by atomic mass is 10.4. The van der Waals surface area contributed by atoms with Crippen LogP contribution in [0.3, 0.4) is 0 Å². The molecule has 0 aliphatic carbocycles. The van der Waals surface area contributed by atoms with Crippen molar-refractivity contribution in [2.24, 2.45) is 5.73 Å². The third kappa shape index (κ3) is 3.43. The van der Waals surface area contributed by atoms with Crippen molar-refractivity contribution < 1.29 is 4.74 Å². The minimum absolute atomic E-state index is 0.109. The summed E-state index contributed by atoms with van der Waals surface area (Å²) in [5.74, 6) is 0.676. The zero-order valence-electron chi connectivity index (χ0n) is 8.97. The fourth-order valence-corrected chi connectivity index (χ4v) is 1.01. The normalized spacial score (nSPS) is 13.5. The van der Waals surface area contributed by atoms with E-state index in [4.69, 9.17) is 10.5 Å². The predicted octanol–water partition coefficient (Wildman–Crippen LogP) is 0.723. The Kier molecular flexibility index (Phi) is 4.03. The van der Waals surface area contributed by atoms with Crippen LogP contribution in [-0.4, -0.2) is 27.5 Å². The lowest BCUT2D eigenvalue weighted by Gasteiger charge is -2.06. The van der Waals surface area contributed by atoms with Crippen LogP contribution in [0.4, 0.5) is 0 Å². The number of ether oxygens (including phenoxy) is 1. The minimum atomic E-state index is -0.109. The summed E-state index contributed by atoms with van der Waals surface area (Å²) >= 11 is 0. The molecule has 5 heteroatoms. The number of nitrogens with zero attached hydrogens (tertiary/aromatic N) is 3. The molecule has 1 aromatic rings. The fraction of sp³-hybridized carbons (Fsp3) is 0.778. The van der Waals surface area contributed by atoms with Crippen molar-refractivity contribution in [2.45, 2.75) is 39.5 Å². The molecular weight excluding hydrogens is 180 g/mol. The Morgan fingerprint density at radius 3 is 2.71 bits per heavy atom. The molecule has 0 aromatic carbocycles. The van der Waals surface area contributed by atoms with Gasteiger partial charge in [0.1, 0.15) is 6.33 Å². The molecule has 1 unspecified atom stereocenters. The van der Waals surface area contributed by atoms with Gasteiger partial charge < -0.3 is 10.5 Å². The van der Waals surface area contributed by atoms with Gasteiger partial charge in [0.25, 0.3) is 0 Å². The third-order valence-corrected chi connectivity index (χ3v) is 1.73. The van der Waals surface area contributed by atoms with Crippen molar-refractivity contribution in [3.63, 3.8) is 0 Å². The van der Waals surface area contributed by atoms with Crippen LogP contribution in [0.5, 0.6) is 0 Å². The molecule has 0 amide bonds. The van der Waals surface area contributed by atoms with E-state index in [9.17, 15) is 0 Å². The van der Waals surface area contributed by atoms with E-state index in [2.05, 4.69) is 10.1 Å². The van der Waals surface area contributed by atoms with Gasteiger partial charge >= 0.3 is 0 Å². The second kappa shape index (κ2) is 5.07. The van der Waals surface area contributed by atoms with Gasteiger partial charge in [-0.3, -0.25) is 4.68 Å². The summed E-state index contributed by atoms with van der Waals surface area (Å²) < 4.78 is 7.15. The standard InChI is InChI=1S/C9H18N4O/c1-7(2)14-5-4-13-6-11-9(12-13)8(3)10/h6-8H,4-5,10H2,1-3H3. The molecular formula is C9H18N4O. The van der Waals surface area contributed by atoms with E-state index in [0.717, 1.165) is 6.54 Å². The molecule has 0 aliphatic heterocycles. The predicted molar refractivity (Wildman–Crippen MR) is 53.7 cm³/mol. The Bertz CT molecular complexity index is 270. The van der Waals surface area contributed by atoms with Crippen LogP contribution in [0.25, 0.3) is 0 Å². The summed E-state index contributed by atoms with van der Waals surface area (Å²) in [5, 5.41) is 4.21. The van der Waals surface area contributed by atoms with Crippen molar-refractivity contribution in [2.75, 3.05) is 6.61 Å². The quantitative estimate of drug-likeness (QED) is 0.757. The van der Waals surface area contributed by atoms with Gasteiger partial charge in [-0.05, 0) is 20.8 Å². The molecule has 0 saturated heterocycles. The van der Waals surface area contributed by atoms with Crippen LogP contribution in [0, 0.1) is 0 Å². The van der Waals surface area contributed by atoms with Gasteiger partial charge in [0.15, 0.2) is 5.82 Å². The van der Waals surface area contributed by atoms with Crippen LogP contribution in [0.15, 0.2) is 6.33 Å². The molecule has 1 rings (SSSR count). The molecule has 80 valence electrons. The fourth-order valence-electron chi connectivity index (χ4n) is 1.01. The minimum Gasteiger partial charge on any atom is -0.377 e. The van der Waals surface area contributed by atoms with Crippen LogP contribution >= 0.6 is 0 Å². The highest BCUT2D eigenvalue weighted by atomic mass is 16.5. The molecule has 5 nitrogen and oxygen atoms in total. The maximum absolute atomic E-state index is 5.63. The largest absolute Gasteiger partial charge is 0.377 e. The van der Waals surface area contributed by atoms with Crippen LogP contribution in [0.2, 0.25) is 0 Å². The highest BCUT2D eigenvalue weighted by molar-refractivity contribution is 4.87. The van der Waals surface area contributed by atoms with Crippen molar-refractivity contribution in [3.8, 4) is 0 Å². The molecule has 14 heavy (non-hydrogen) atoms. The van der Waals surface area contributed by atoms with Gasteiger partial charge in [-0.2, -0.15) is 5.10 Å². The lowest BCUT2D eigenvalue weighted by Crippen LogP contribution is -2.12. The molecule has 2 N–H and O–H groups in total. The van der Waals surface area contributed by atoms with Crippen LogP contribution in [0.1, 0.15) is 32.6 Å². The van der Waals surface area contributed by atoms with Gasteiger partial charge in [-0.1, -0.05) is 0 Å². The van der Waals surface area contributed by atoms with Crippen molar-refractivity contribution in [1.29, 1.82) is 0 Å². The van der Waals surface area contributed by atoms with Gasteiger partial charge in [0, 0.05) is 0 Å². The molecule has 1 aromatic heterocycles. The number of nitrogens with two attached hydrogens (primary N) is 1. The molecule has 0 fully saturated rings. The monoisotopic (exact) mass is 198 g/mol. The van der Waals surface area contributed by atoms with E-state index in [1.807, 2.05) is 20.8 Å². The van der Waals surface area contributed by atoms with Gasteiger partial charge in [0.05, 0.1) is 25.3 Å². The molecule has 1 heterocycles. The number of aromatic nitrogens is 3. The molecule has 0 radical (unpaired) electrons. The zero-order chi connectivity index (χ0) is 10.6. The molecule has 1 atom stereocenters. The first-order valence-electron chi connectivity index (χ1n) is 4.86. The summed E-state index contributed by atoms with van der Waals surface area (Å²) in [6.45, 7) is 7.26. The summed E-state index contributed by atoms with van der Waals surface area (Å²) in [6, 6.07) is -0.109. The average molecular weight is 198 g/mol. The van der Waals surface area contributed by atoms with E-state index in [-0.39, 0.29) is 12.1 Å². The number of hydrogen-bond acceptors (Lipinski definition) is 4. The first-order valence-corrected chi connectivity index (χ1v) is 4.86. The number of hydrogen-bond donors (Lipinski definition) is 1. The van der Waals surface area contributed by atoms with Crippen molar-refractivity contribution in [3.05, 3.63) is 12.2 Å². The topological polar surface area (TPSA) is 66.0 Å².